The zero-order valence-corrected chi connectivity index (χ0v) is 54.1. The molecule has 3 aromatic rings. The molecule has 4 rings (SSSR count). The molecule has 1 fully saturated rings. The van der Waals surface area contributed by atoms with E-state index in [4.69, 9.17) is 37.9 Å². The predicted molar refractivity (Wildman–Crippen MR) is 323 cm³/mol. The van der Waals surface area contributed by atoms with Gasteiger partial charge in [-0.05, 0) is 88.2 Å². The summed E-state index contributed by atoms with van der Waals surface area (Å²) in [5.74, 6) is -3.00. The first-order valence-corrected chi connectivity index (χ1v) is 28.6. The van der Waals surface area contributed by atoms with Crippen molar-refractivity contribution >= 4 is 53.4 Å². The Hall–Kier alpha value is -6.72. The number of carbonyl (C=O) groups is 6. The summed E-state index contributed by atoms with van der Waals surface area (Å²) in [7, 11) is 8.16. The van der Waals surface area contributed by atoms with Gasteiger partial charge in [0.25, 0.3) is 0 Å². The molecule has 3 aromatic carbocycles. The molecular weight excluding hydrogens is 1060 g/mol. The van der Waals surface area contributed by atoms with Crippen molar-refractivity contribution < 1.29 is 71.8 Å². The van der Waals surface area contributed by atoms with Gasteiger partial charge in [0.15, 0.2) is 0 Å². The van der Waals surface area contributed by atoms with Gasteiger partial charge < -0.3 is 57.7 Å². The van der Waals surface area contributed by atoms with Crippen LogP contribution in [-0.2, 0) is 70.6 Å². The van der Waals surface area contributed by atoms with E-state index in [1.54, 1.807) is 0 Å². The van der Waals surface area contributed by atoms with Gasteiger partial charge in [0.05, 0.1) is 51.6 Å². The number of ether oxygens (including phenoxy) is 8. The SMILES string of the molecule is COC(=O)Oc1c(C(C)(C)C)cc(N(C)CCOC(=O)C2CC(C(=O)OCCN(C)c3cc(C(C)(C)C)c(OC(=O)O)c(C(C)(C)C)c3)CC(C(=O)OCCN(C)c3cc(C(C)(C)C)c(OC(=O)OC)c(C(C)(C)C)c3)C2)cc1C(C)(C)C. The van der Waals surface area contributed by atoms with Crippen molar-refractivity contribution in [2.75, 3.05) is 89.5 Å². The first kappa shape index (κ1) is 68.8. The van der Waals surface area contributed by atoms with Crippen LogP contribution in [0.3, 0.4) is 0 Å². The summed E-state index contributed by atoms with van der Waals surface area (Å²) in [4.78, 5) is 85.3. The Morgan fingerprint density at radius 1 is 0.398 bits per heavy atom. The fourth-order valence-electron chi connectivity index (χ4n) is 10.00. The Balaban J connectivity index is 1.60. The lowest BCUT2D eigenvalue weighted by molar-refractivity contribution is -0.160. The quantitative estimate of drug-likeness (QED) is 0.0714. The van der Waals surface area contributed by atoms with Gasteiger partial charge in [0, 0.05) is 71.6 Å². The molecule has 0 saturated heterocycles. The molecule has 83 heavy (non-hydrogen) atoms. The number of anilines is 3. The molecule has 0 amide bonds. The predicted octanol–water partition coefficient (Wildman–Crippen LogP) is 13.2. The number of nitrogens with zero attached hydrogens (tertiary/aromatic N) is 3. The largest absolute Gasteiger partial charge is 0.513 e. The van der Waals surface area contributed by atoms with Gasteiger partial charge in [-0.1, -0.05) is 125 Å². The smallest absolute Gasteiger partial charge is 0.464 e. The summed E-state index contributed by atoms with van der Waals surface area (Å²) >= 11 is 0. The van der Waals surface area contributed by atoms with Gasteiger partial charge in [0.2, 0.25) is 0 Å². The molecular formula is C65H97N3O15. The van der Waals surface area contributed by atoms with E-state index in [2.05, 4.69) is 0 Å². The van der Waals surface area contributed by atoms with Crippen molar-refractivity contribution in [2.45, 2.75) is 176 Å². The van der Waals surface area contributed by atoms with E-state index in [1.165, 1.54) is 14.2 Å². The number of benzene rings is 3. The second-order valence-electron chi connectivity index (χ2n) is 28.2. The monoisotopic (exact) mass is 1160 g/mol. The van der Waals surface area contributed by atoms with Crippen LogP contribution < -0.4 is 28.9 Å². The minimum Gasteiger partial charge on any atom is -0.464 e. The molecule has 18 nitrogen and oxygen atoms in total. The van der Waals surface area contributed by atoms with Gasteiger partial charge in [0.1, 0.15) is 37.1 Å². The lowest BCUT2D eigenvalue weighted by Crippen LogP contribution is -2.38. The molecule has 0 bridgehead atoms. The van der Waals surface area contributed by atoms with E-state index in [0.717, 1.165) is 39.3 Å². The van der Waals surface area contributed by atoms with E-state index in [9.17, 15) is 33.9 Å². The van der Waals surface area contributed by atoms with Crippen molar-refractivity contribution in [2.24, 2.45) is 17.8 Å². The van der Waals surface area contributed by atoms with Crippen LogP contribution in [0.4, 0.5) is 31.4 Å². The van der Waals surface area contributed by atoms with Crippen molar-refractivity contribution in [3.8, 4) is 17.2 Å². The third-order valence-corrected chi connectivity index (χ3v) is 15.0. The van der Waals surface area contributed by atoms with Gasteiger partial charge in [-0.25, -0.2) is 14.4 Å². The zero-order valence-electron chi connectivity index (χ0n) is 54.1. The average Bonchev–Trinajstić information content (AvgIpc) is 3.58. The molecule has 1 aliphatic carbocycles. The molecule has 1 N–H and O–H groups in total. The molecule has 0 aromatic heterocycles. The first-order valence-electron chi connectivity index (χ1n) is 28.6. The van der Waals surface area contributed by atoms with Crippen LogP contribution in [0.25, 0.3) is 0 Å². The normalized spacial score (nSPS) is 16.0. The standard InChI is InChI=1S/C65H97N3O15/c1-60(2,3)45-33-42(34-46(61(4,5)6)51(45)81-57(72)73)66(19)24-27-78-54(69)39-30-40(55(70)79-28-25-67(20)43-35-47(62(7,8)9)52(82-58(74)76-22)48(36-43)63(10,11)12)32-41(31-39)56(71)80-29-26-68(21)44-37-49(64(13,14)15)53(83-59(75)77-23)50(38-44)65(16,17)18/h33-41H,24-32H2,1-23H3,(H,72,73). The van der Waals surface area contributed by atoms with Crippen LogP contribution in [0.5, 0.6) is 17.2 Å². The summed E-state index contributed by atoms with van der Waals surface area (Å²) < 4.78 is 44.6. The molecule has 0 heterocycles. The van der Waals surface area contributed by atoms with E-state index in [1.807, 2.05) is 197 Å². The maximum Gasteiger partial charge on any atom is 0.513 e. The second-order valence-corrected chi connectivity index (χ2v) is 28.2. The maximum absolute atomic E-state index is 14.2. The number of carboxylic acid groups (broad SMARTS) is 1. The van der Waals surface area contributed by atoms with Gasteiger partial charge >= 0.3 is 36.4 Å². The highest BCUT2D eigenvalue weighted by Crippen LogP contribution is 2.46. The average molecular weight is 1160 g/mol. The number of rotatable bonds is 18. The maximum atomic E-state index is 14.2. The van der Waals surface area contributed by atoms with Crippen LogP contribution in [0.15, 0.2) is 36.4 Å². The summed E-state index contributed by atoms with van der Waals surface area (Å²) in [6.07, 6.45) is -2.75. The second kappa shape index (κ2) is 26.9. The number of esters is 3. The number of methoxy groups -OCH3 is 2. The lowest BCUT2D eigenvalue weighted by atomic mass is 9.75. The highest BCUT2D eigenvalue weighted by Gasteiger charge is 2.42. The molecule has 2 atom stereocenters. The van der Waals surface area contributed by atoms with E-state index >= 15 is 0 Å². The van der Waals surface area contributed by atoms with Gasteiger partial charge in [-0.2, -0.15) is 0 Å². The van der Waals surface area contributed by atoms with Crippen LogP contribution >= 0.6 is 0 Å². The van der Waals surface area contributed by atoms with E-state index in [0.29, 0.717) is 41.5 Å². The highest BCUT2D eigenvalue weighted by molar-refractivity contribution is 5.81. The minimum absolute atomic E-state index is 0.00817. The highest BCUT2D eigenvalue weighted by atomic mass is 16.7. The number of hydrogen-bond donors (Lipinski definition) is 1. The molecule has 1 aliphatic rings. The fourth-order valence-corrected chi connectivity index (χ4v) is 10.00. The Morgan fingerprint density at radius 2 is 0.602 bits per heavy atom. The molecule has 0 radical (unpaired) electrons. The molecule has 0 spiro atoms. The van der Waals surface area contributed by atoms with E-state index in [-0.39, 0.29) is 45.6 Å². The third-order valence-electron chi connectivity index (χ3n) is 15.0. The first-order chi connectivity index (χ1) is 38.0. The van der Waals surface area contributed by atoms with Gasteiger partial charge in [-0.15, -0.1) is 0 Å². The van der Waals surface area contributed by atoms with Crippen LogP contribution in [0.2, 0.25) is 0 Å². The summed E-state index contributed by atoms with van der Waals surface area (Å²) in [6.45, 7) is 37.1. The topological polar surface area (TPSA) is 206 Å². The molecule has 1 saturated carbocycles. The van der Waals surface area contributed by atoms with Crippen LogP contribution in [-0.4, -0.2) is 116 Å². The van der Waals surface area contributed by atoms with Crippen molar-refractivity contribution in [3.05, 3.63) is 69.8 Å². The van der Waals surface area contributed by atoms with Crippen LogP contribution in [0, 0.1) is 17.8 Å². The summed E-state index contributed by atoms with van der Waals surface area (Å²) in [5, 5.41) is 9.70. The van der Waals surface area contributed by atoms with Crippen molar-refractivity contribution in [1.29, 1.82) is 0 Å². The van der Waals surface area contributed by atoms with Gasteiger partial charge in [-0.3, -0.25) is 14.4 Å². The number of carbonyl (C=O) groups excluding carboxylic acids is 5. The molecule has 2 unspecified atom stereocenters. The zero-order chi connectivity index (χ0) is 63.1. The molecule has 0 aliphatic heterocycles. The fraction of sp³-hybridized carbons (Fsp3) is 0.631. The minimum atomic E-state index is -1.40. The Labute approximate surface area is 494 Å². The van der Waals surface area contributed by atoms with E-state index < -0.39 is 86.6 Å². The Kier molecular flexibility index (Phi) is 22.3. The number of hydrogen-bond acceptors (Lipinski definition) is 17. The number of likely N-dealkylation sites (N-methyl/N-ethyl adjacent to an activating group) is 3. The third kappa shape index (κ3) is 18.6. The Morgan fingerprint density at radius 3 is 0.783 bits per heavy atom. The summed E-state index contributed by atoms with van der Waals surface area (Å²) in [5.41, 5.74) is 4.29. The van der Waals surface area contributed by atoms with Crippen molar-refractivity contribution in [1.82, 2.24) is 0 Å². The lowest BCUT2D eigenvalue weighted by Gasteiger charge is -2.33. The summed E-state index contributed by atoms with van der Waals surface area (Å²) in [6, 6.07) is 11.6. The van der Waals surface area contributed by atoms with Crippen molar-refractivity contribution in [3.63, 3.8) is 0 Å². The van der Waals surface area contributed by atoms with Crippen LogP contribution in [0.1, 0.15) is 177 Å². The Bertz CT molecular complexity index is 2580. The molecule has 462 valence electrons. The molecule has 18 heteroatoms.